The molecular weight excluding hydrogens is 254 g/mol. The van der Waals surface area contributed by atoms with Crippen LogP contribution in [0.4, 0.5) is 0 Å². The fraction of sp³-hybridized carbons (Fsp3) is 1.00. The van der Waals surface area contributed by atoms with E-state index in [1.807, 2.05) is 13.8 Å². The standard InChI is InChI=1S/C6H15N.C2H6.H2O5S2/c1-4-7(5-2)6-3;1-2;1-6(2)7(3,4)5/h4-6H2,1-3H3;1-2H3;(H,1,2)(H,3,4,5). The summed E-state index contributed by atoms with van der Waals surface area (Å²) in [7, 11) is -8.23. The van der Waals surface area contributed by atoms with Gasteiger partial charge in [0.15, 0.2) is 0 Å². The molecule has 0 saturated heterocycles. The van der Waals surface area contributed by atoms with Crippen LogP contribution in [0.1, 0.15) is 34.6 Å². The third-order valence-corrected chi connectivity index (χ3v) is 3.05. The maximum absolute atomic E-state index is 9.27. The fourth-order valence-corrected chi connectivity index (χ4v) is 0.750. The molecule has 6 nitrogen and oxygen atoms in total. The van der Waals surface area contributed by atoms with E-state index in [0.29, 0.717) is 0 Å². The van der Waals surface area contributed by atoms with Gasteiger partial charge in [0.05, 0.1) is 29.7 Å². The summed E-state index contributed by atoms with van der Waals surface area (Å²) in [5.74, 6) is 0. The molecular formula is C8H23NO5S2. The van der Waals surface area contributed by atoms with Crippen LogP contribution in [0.2, 0.25) is 0 Å². The first-order chi connectivity index (χ1) is 7.29. The molecule has 8 heteroatoms. The van der Waals surface area contributed by atoms with Gasteiger partial charge < -0.3 is 9.45 Å². The molecule has 2 N–H and O–H groups in total. The van der Waals surface area contributed by atoms with E-state index in [4.69, 9.17) is 4.55 Å². The highest BCUT2D eigenvalue weighted by Crippen LogP contribution is 1.82. The minimum Gasteiger partial charge on any atom is -0.758 e. The van der Waals surface area contributed by atoms with Crippen molar-refractivity contribution in [3.05, 3.63) is 0 Å². The lowest BCUT2D eigenvalue weighted by Gasteiger charge is -2.10. The highest BCUT2D eigenvalue weighted by atomic mass is 33.2. The summed E-state index contributed by atoms with van der Waals surface area (Å²) in [6, 6.07) is 0. The first-order valence-electron chi connectivity index (χ1n) is 5.20. The molecule has 0 aliphatic carbocycles. The molecule has 0 aliphatic heterocycles. The highest BCUT2D eigenvalue weighted by molar-refractivity contribution is 8.59. The molecule has 0 saturated carbocycles. The zero-order valence-electron chi connectivity index (χ0n) is 10.5. The van der Waals surface area contributed by atoms with Crippen molar-refractivity contribution in [1.82, 2.24) is 0 Å². The number of quaternary nitrogens is 1. The van der Waals surface area contributed by atoms with E-state index < -0.39 is 19.3 Å². The van der Waals surface area contributed by atoms with Crippen molar-refractivity contribution in [2.45, 2.75) is 34.6 Å². The normalized spacial score (nSPS) is 12.0. The molecule has 0 fully saturated rings. The molecule has 0 rings (SSSR count). The van der Waals surface area contributed by atoms with Crippen LogP contribution >= 0.6 is 0 Å². The van der Waals surface area contributed by atoms with Crippen LogP contribution in [-0.2, 0) is 19.3 Å². The van der Waals surface area contributed by atoms with Crippen molar-refractivity contribution in [1.29, 1.82) is 0 Å². The van der Waals surface area contributed by atoms with Crippen LogP contribution in [0.15, 0.2) is 0 Å². The van der Waals surface area contributed by atoms with Crippen LogP contribution in [0, 0.1) is 0 Å². The maximum atomic E-state index is 9.27. The van der Waals surface area contributed by atoms with Gasteiger partial charge in [0.25, 0.3) is 0 Å². The zero-order chi connectivity index (χ0) is 13.8. The average molecular weight is 277 g/mol. The smallest absolute Gasteiger partial charge is 0.335 e. The SMILES string of the molecule is CC.CC[NH+](CC)CC.O=S([O-])S(=O)(=O)O. The number of hydrogen-bond acceptors (Lipinski definition) is 4. The summed E-state index contributed by atoms with van der Waals surface area (Å²) in [6.45, 7) is 14.5. The van der Waals surface area contributed by atoms with E-state index in [2.05, 4.69) is 20.8 Å². The second kappa shape index (κ2) is 13.0. The lowest BCUT2D eigenvalue weighted by atomic mass is 10.5. The molecule has 0 aromatic heterocycles. The van der Waals surface area contributed by atoms with Crippen LogP contribution in [0.25, 0.3) is 0 Å². The van der Waals surface area contributed by atoms with Crippen molar-refractivity contribution in [2.75, 3.05) is 19.6 Å². The van der Waals surface area contributed by atoms with Gasteiger partial charge in [-0.1, -0.05) is 13.8 Å². The van der Waals surface area contributed by atoms with Crippen LogP contribution < -0.4 is 4.90 Å². The number of nitrogens with one attached hydrogen (secondary N) is 1. The van der Waals surface area contributed by atoms with Gasteiger partial charge in [0.1, 0.15) is 0 Å². The molecule has 0 aromatic rings. The monoisotopic (exact) mass is 277 g/mol. The Morgan fingerprint density at radius 1 is 1.12 bits per heavy atom. The molecule has 1 unspecified atom stereocenters. The van der Waals surface area contributed by atoms with Crippen molar-refractivity contribution < 1.29 is 26.6 Å². The molecule has 1 atom stereocenters. The van der Waals surface area contributed by atoms with Gasteiger partial charge in [-0.2, -0.15) is 8.42 Å². The Morgan fingerprint density at radius 2 is 1.31 bits per heavy atom. The van der Waals surface area contributed by atoms with Crippen molar-refractivity contribution in [3.8, 4) is 0 Å². The molecule has 0 aliphatic rings. The van der Waals surface area contributed by atoms with E-state index >= 15 is 0 Å². The Bertz CT molecular complexity index is 244. The van der Waals surface area contributed by atoms with Gasteiger partial charge in [-0.15, -0.1) is 0 Å². The summed E-state index contributed by atoms with van der Waals surface area (Å²) in [4.78, 5) is 1.68. The van der Waals surface area contributed by atoms with Crippen molar-refractivity contribution >= 4 is 19.3 Å². The van der Waals surface area contributed by atoms with E-state index in [-0.39, 0.29) is 0 Å². The molecule has 0 spiro atoms. The first kappa shape index (κ1) is 21.3. The lowest BCUT2D eigenvalue weighted by molar-refractivity contribution is -0.894. The van der Waals surface area contributed by atoms with E-state index in [1.54, 1.807) is 4.90 Å². The summed E-state index contributed by atoms with van der Waals surface area (Å²) >= 11 is 0. The first-order valence-corrected chi connectivity index (χ1v) is 8.23. The van der Waals surface area contributed by atoms with Gasteiger partial charge in [-0.3, -0.25) is 8.76 Å². The zero-order valence-corrected chi connectivity index (χ0v) is 12.2. The minimum absolute atomic E-state index is 1.27. The molecule has 102 valence electrons. The Kier molecular flexibility index (Phi) is 17.4. The lowest BCUT2D eigenvalue weighted by Crippen LogP contribution is -3.11. The van der Waals surface area contributed by atoms with Crippen molar-refractivity contribution in [3.63, 3.8) is 0 Å². The topological polar surface area (TPSA) is 98.9 Å². The number of hydrogen-bond donors (Lipinski definition) is 2. The van der Waals surface area contributed by atoms with Gasteiger partial charge in [0, 0.05) is 0 Å². The van der Waals surface area contributed by atoms with Gasteiger partial charge >= 0.3 is 9.15 Å². The summed E-state index contributed by atoms with van der Waals surface area (Å²) in [6.07, 6.45) is 0. The molecule has 0 radical (unpaired) electrons. The summed E-state index contributed by atoms with van der Waals surface area (Å²) < 4.78 is 44.4. The van der Waals surface area contributed by atoms with E-state index in [0.717, 1.165) is 0 Å². The number of rotatable bonds is 4. The molecule has 16 heavy (non-hydrogen) atoms. The average Bonchev–Trinajstić information content (AvgIpc) is 2.23. The quantitative estimate of drug-likeness (QED) is 0.415. The van der Waals surface area contributed by atoms with Crippen LogP contribution in [0.3, 0.4) is 0 Å². The Morgan fingerprint density at radius 3 is 1.31 bits per heavy atom. The Labute approximate surface area is 100 Å². The second-order valence-corrected chi connectivity index (χ2v) is 5.79. The fourth-order valence-electron chi connectivity index (χ4n) is 0.750. The van der Waals surface area contributed by atoms with Crippen molar-refractivity contribution in [2.24, 2.45) is 0 Å². The van der Waals surface area contributed by atoms with Crippen LogP contribution in [0.5, 0.6) is 0 Å². The highest BCUT2D eigenvalue weighted by Gasteiger charge is 2.00. The molecule has 0 amide bonds. The van der Waals surface area contributed by atoms with Crippen LogP contribution in [-0.4, -0.2) is 41.4 Å². The molecule has 0 aromatic carbocycles. The van der Waals surface area contributed by atoms with Gasteiger partial charge in [-0.25, -0.2) is 0 Å². The third kappa shape index (κ3) is 16.4. The summed E-state index contributed by atoms with van der Waals surface area (Å²) in [5.41, 5.74) is 0. The third-order valence-electron chi connectivity index (χ3n) is 1.67. The minimum atomic E-state index is -4.82. The largest absolute Gasteiger partial charge is 0.758 e. The second-order valence-electron chi connectivity index (χ2n) is 2.44. The van der Waals surface area contributed by atoms with Gasteiger partial charge in [-0.05, 0) is 20.8 Å². The van der Waals surface area contributed by atoms with Gasteiger partial charge in [0.2, 0.25) is 0 Å². The summed E-state index contributed by atoms with van der Waals surface area (Å²) in [5, 5.41) is 0. The Hall–Kier alpha value is -0.0200. The molecule has 0 bridgehead atoms. The predicted molar refractivity (Wildman–Crippen MR) is 64.4 cm³/mol. The maximum Gasteiger partial charge on any atom is 0.335 e. The predicted octanol–water partition coefficient (Wildman–Crippen LogP) is -0.374. The Balaban J connectivity index is -0.000000183. The molecule has 0 heterocycles. The van der Waals surface area contributed by atoms with E-state index in [1.165, 1.54) is 19.6 Å². The van der Waals surface area contributed by atoms with E-state index in [9.17, 15) is 17.2 Å².